The summed E-state index contributed by atoms with van der Waals surface area (Å²) in [5, 5.41) is 0. The predicted molar refractivity (Wildman–Crippen MR) is 58.8 cm³/mol. The molecule has 2 aromatic heterocycles. The number of aryl methyl sites for hydroxylation is 2. The Kier molecular flexibility index (Phi) is 2.49. The van der Waals surface area contributed by atoms with Gasteiger partial charge in [0.05, 0.1) is 0 Å². The van der Waals surface area contributed by atoms with Crippen molar-refractivity contribution in [1.82, 2.24) is 14.5 Å². The third-order valence-electron chi connectivity index (χ3n) is 2.45. The number of nitrogens with zero attached hydrogens (tertiary/aromatic N) is 3. The maximum atomic E-state index is 11.6. The van der Waals surface area contributed by atoms with E-state index in [1.165, 1.54) is 4.57 Å². The van der Waals surface area contributed by atoms with Crippen LogP contribution in [-0.2, 0) is 13.5 Å². The summed E-state index contributed by atoms with van der Waals surface area (Å²) in [6, 6.07) is 1.65. The van der Waals surface area contributed by atoms with Crippen LogP contribution in [0.25, 0.3) is 11.2 Å². The Hall–Kier alpha value is -1.71. The van der Waals surface area contributed by atoms with Gasteiger partial charge in [-0.25, -0.2) is 4.98 Å². The average molecular weight is 203 g/mol. The van der Waals surface area contributed by atoms with E-state index in [2.05, 4.69) is 16.9 Å². The maximum absolute atomic E-state index is 11.6. The van der Waals surface area contributed by atoms with Gasteiger partial charge >= 0.3 is 0 Å². The van der Waals surface area contributed by atoms with Gasteiger partial charge in [-0.15, -0.1) is 0 Å². The molecule has 4 nitrogen and oxygen atoms in total. The van der Waals surface area contributed by atoms with E-state index in [0.29, 0.717) is 5.65 Å². The lowest BCUT2D eigenvalue weighted by atomic mass is 10.1. The van der Waals surface area contributed by atoms with Crippen LogP contribution in [0.15, 0.2) is 23.3 Å². The van der Waals surface area contributed by atoms with Gasteiger partial charge < -0.3 is 0 Å². The molecule has 2 rings (SSSR count). The van der Waals surface area contributed by atoms with E-state index in [9.17, 15) is 4.79 Å². The van der Waals surface area contributed by atoms with Crippen LogP contribution >= 0.6 is 0 Å². The van der Waals surface area contributed by atoms with Crippen LogP contribution in [0, 0.1) is 0 Å². The lowest BCUT2D eigenvalue weighted by Gasteiger charge is -2.06. The second kappa shape index (κ2) is 3.81. The summed E-state index contributed by atoms with van der Waals surface area (Å²) in [5.41, 5.74) is 2.46. The smallest absolute Gasteiger partial charge is 0.252 e. The zero-order valence-electron chi connectivity index (χ0n) is 8.90. The van der Waals surface area contributed by atoms with Gasteiger partial charge in [0.1, 0.15) is 5.52 Å². The van der Waals surface area contributed by atoms with Crippen LogP contribution < -0.4 is 5.56 Å². The Morgan fingerprint density at radius 3 is 2.80 bits per heavy atom. The highest BCUT2D eigenvalue weighted by molar-refractivity contribution is 5.73. The minimum Gasteiger partial charge on any atom is -0.295 e. The molecular formula is C11H13N3O. The fourth-order valence-electron chi connectivity index (χ4n) is 1.68. The van der Waals surface area contributed by atoms with Gasteiger partial charge in [0, 0.05) is 25.5 Å². The van der Waals surface area contributed by atoms with E-state index in [1.54, 1.807) is 25.5 Å². The Bertz CT molecular complexity index is 545. The van der Waals surface area contributed by atoms with Crippen LogP contribution in [0.3, 0.4) is 0 Å². The minimum atomic E-state index is -0.0218. The van der Waals surface area contributed by atoms with Crippen molar-refractivity contribution in [1.29, 1.82) is 0 Å². The first kappa shape index (κ1) is 9.83. The molecule has 0 spiro atoms. The van der Waals surface area contributed by atoms with E-state index in [0.717, 1.165) is 23.9 Å². The van der Waals surface area contributed by atoms with Crippen molar-refractivity contribution in [2.45, 2.75) is 19.8 Å². The number of pyridine rings is 1. The molecule has 0 unspecified atom stereocenters. The van der Waals surface area contributed by atoms with Crippen LogP contribution in [0.1, 0.15) is 18.9 Å². The van der Waals surface area contributed by atoms with E-state index in [4.69, 9.17) is 0 Å². The molecule has 2 heterocycles. The second-order valence-corrected chi connectivity index (χ2v) is 3.55. The summed E-state index contributed by atoms with van der Waals surface area (Å²) in [7, 11) is 1.72. The van der Waals surface area contributed by atoms with Crippen molar-refractivity contribution >= 4 is 11.2 Å². The molecule has 0 aliphatic heterocycles. The summed E-state index contributed by atoms with van der Waals surface area (Å²) in [6.45, 7) is 2.08. The quantitative estimate of drug-likeness (QED) is 0.738. The standard InChI is InChI=1S/C11H13N3O/c1-3-4-8-7-9(15)14(2)11-10(8)12-5-6-13-11/h5-7H,3-4H2,1-2H3. The van der Waals surface area contributed by atoms with E-state index in [1.807, 2.05) is 0 Å². The summed E-state index contributed by atoms with van der Waals surface area (Å²) in [5.74, 6) is 0. The molecule has 0 saturated heterocycles. The lowest BCUT2D eigenvalue weighted by Crippen LogP contribution is -2.18. The molecule has 0 amide bonds. The molecule has 2 aromatic rings. The average Bonchev–Trinajstić information content (AvgIpc) is 2.26. The molecule has 15 heavy (non-hydrogen) atoms. The Morgan fingerprint density at radius 2 is 2.07 bits per heavy atom. The third kappa shape index (κ3) is 1.63. The van der Waals surface area contributed by atoms with Gasteiger partial charge in [-0.1, -0.05) is 13.3 Å². The molecule has 0 bridgehead atoms. The van der Waals surface area contributed by atoms with Gasteiger partial charge in [0.2, 0.25) is 0 Å². The highest BCUT2D eigenvalue weighted by atomic mass is 16.1. The van der Waals surface area contributed by atoms with Crippen molar-refractivity contribution in [3.63, 3.8) is 0 Å². The first-order valence-corrected chi connectivity index (χ1v) is 5.03. The molecule has 0 fully saturated rings. The molecule has 0 aliphatic rings. The molecule has 0 saturated carbocycles. The largest absolute Gasteiger partial charge is 0.295 e. The molecule has 0 atom stereocenters. The monoisotopic (exact) mass is 203 g/mol. The topological polar surface area (TPSA) is 47.8 Å². The van der Waals surface area contributed by atoms with Crippen molar-refractivity contribution in [2.24, 2.45) is 7.05 Å². The summed E-state index contributed by atoms with van der Waals surface area (Å²) >= 11 is 0. The number of hydrogen-bond donors (Lipinski definition) is 0. The van der Waals surface area contributed by atoms with Crippen LogP contribution in [0.5, 0.6) is 0 Å². The van der Waals surface area contributed by atoms with Gasteiger partial charge in [-0.3, -0.25) is 14.3 Å². The molecule has 0 aliphatic carbocycles. The lowest BCUT2D eigenvalue weighted by molar-refractivity contribution is 0.859. The Labute approximate surface area is 87.6 Å². The molecule has 4 heteroatoms. The van der Waals surface area contributed by atoms with E-state index < -0.39 is 0 Å². The fraction of sp³-hybridized carbons (Fsp3) is 0.364. The molecule has 0 N–H and O–H groups in total. The van der Waals surface area contributed by atoms with E-state index >= 15 is 0 Å². The first-order chi connectivity index (χ1) is 7.24. The normalized spacial score (nSPS) is 10.8. The Morgan fingerprint density at radius 1 is 1.33 bits per heavy atom. The SMILES string of the molecule is CCCc1cc(=O)n(C)c2nccnc12. The first-order valence-electron chi connectivity index (χ1n) is 5.03. The van der Waals surface area contributed by atoms with Crippen LogP contribution in [0.4, 0.5) is 0 Å². The van der Waals surface area contributed by atoms with Gasteiger partial charge in [0.25, 0.3) is 5.56 Å². The highest BCUT2D eigenvalue weighted by Gasteiger charge is 2.07. The summed E-state index contributed by atoms with van der Waals surface area (Å²) < 4.78 is 1.53. The van der Waals surface area contributed by atoms with Crippen LogP contribution in [0.2, 0.25) is 0 Å². The number of fused-ring (bicyclic) bond motifs is 1. The second-order valence-electron chi connectivity index (χ2n) is 3.55. The highest BCUT2D eigenvalue weighted by Crippen LogP contribution is 2.12. The maximum Gasteiger partial charge on any atom is 0.252 e. The number of aromatic nitrogens is 3. The summed E-state index contributed by atoms with van der Waals surface area (Å²) in [4.78, 5) is 20.1. The van der Waals surface area contributed by atoms with Crippen molar-refractivity contribution in [3.05, 3.63) is 34.4 Å². The minimum absolute atomic E-state index is 0.0218. The van der Waals surface area contributed by atoms with Crippen LogP contribution in [-0.4, -0.2) is 14.5 Å². The number of rotatable bonds is 2. The third-order valence-corrected chi connectivity index (χ3v) is 2.45. The molecule has 0 radical (unpaired) electrons. The molecular weight excluding hydrogens is 190 g/mol. The summed E-state index contributed by atoms with van der Waals surface area (Å²) in [6.07, 6.45) is 5.13. The fourth-order valence-corrected chi connectivity index (χ4v) is 1.68. The van der Waals surface area contributed by atoms with Gasteiger partial charge in [-0.2, -0.15) is 0 Å². The van der Waals surface area contributed by atoms with E-state index in [-0.39, 0.29) is 5.56 Å². The zero-order valence-corrected chi connectivity index (χ0v) is 8.90. The van der Waals surface area contributed by atoms with Crippen molar-refractivity contribution < 1.29 is 0 Å². The molecule has 0 aromatic carbocycles. The molecule has 78 valence electrons. The predicted octanol–water partition coefficient (Wildman–Crippen LogP) is 1.28. The van der Waals surface area contributed by atoms with Gasteiger partial charge in [-0.05, 0) is 12.0 Å². The van der Waals surface area contributed by atoms with Crippen molar-refractivity contribution in [3.8, 4) is 0 Å². The number of hydrogen-bond acceptors (Lipinski definition) is 3. The Balaban J connectivity index is 2.82. The van der Waals surface area contributed by atoms with Crippen molar-refractivity contribution in [2.75, 3.05) is 0 Å². The van der Waals surface area contributed by atoms with Gasteiger partial charge in [0.15, 0.2) is 5.65 Å². The zero-order chi connectivity index (χ0) is 10.8.